The number of rotatable bonds is 8. The normalized spacial score (nSPS) is 14.5. The van der Waals surface area contributed by atoms with Gasteiger partial charge in [0.15, 0.2) is 0 Å². The third-order valence-electron chi connectivity index (χ3n) is 2.94. The molecule has 17 heteroatoms. The van der Waals surface area contributed by atoms with Crippen molar-refractivity contribution in [3.63, 3.8) is 0 Å². The van der Waals surface area contributed by atoms with E-state index in [1.54, 1.807) is 0 Å². The van der Waals surface area contributed by atoms with Crippen LogP contribution in [0.5, 0.6) is 0 Å². The summed E-state index contributed by atoms with van der Waals surface area (Å²) in [4.78, 5) is 31.8. The Morgan fingerprint density at radius 1 is 0.774 bits per heavy atom. The molecule has 0 radical (unpaired) electrons. The second-order valence-corrected chi connectivity index (χ2v) is 5.24. The standard InChI is InChI=1S/C7H9F5O4.C7H7F5O3/c1-2-16-4(13)3(7(10,11)12)6(14,15)5(8)9;1-2-15-6(14)3(7(10,11)12)4(13)5(8)9/h3,5,14-15H,2H2,1H3;3,5H,2H2,1H3. The minimum Gasteiger partial charge on any atom is -0.465 e. The third-order valence-corrected chi connectivity index (χ3v) is 2.94. The van der Waals surface area contributed by atoms with Crippen molar-refractivity contribution in [3.8, 4) is 0 Å². The van der Waals surface area contributed by atoms with E-state index < -0.39 is 73.8 Å². The van der Waals surface area contributed by atoms with Gasteiger partial charge in [0, 0.05) is 0 Å². The predicted octanol–water partition coefficient (Wildman–Crippen LogP) is 2.24. The van der Waals surface area contributed by atoms with Gasteiger partial charge in [-0.25, -0.2) is 17.6 Å². The van der Waals surface area contributed by atoms with Gasteiger partial charge < -0.3 is 19.7 Å². The molecule has 0 aliphatic carbocycles. The van der Waals surface area contributed by atoms with Crippen molar-refractivity contribution in [1.82, 2.24) is 0 Å². The monoisotopic (exact) mass is 486 g/mol. The molecule has 0 bridgehead atoms. The highest BCUT2D eigenvalue weighted by Gasteiger charge is 2.62. The maximum absolute atomic E-state index is 12.2. The lowest BCUT2D eigenvalue weighted by molar-refractivity contribution is -0.326. The van der Waals surface area contributed by atoms with Crippen LogP contribution in [0.3, 0.4) is 0 Å². The highest BCUT2D eigenvalue weighted by atomic mass is 19.4. The molecule has 0 spiro atoms. The van der Waals surface area contributed by atoms with Crippen LogP contribution in [-0.4, -0.2) is 72.1 Å². The Bertz CT molecular complexity index is 601. The van der Waals surface area contributed by atoms with E-state index in [1.807, 2.05) is 0 Å². The van der Waals surface area contributed by atoms with Crippen molar-refractivity contribution in [3.05, 3.63) is 0 Å². The fourth-order valence-corrected chi connectivity index (χ4v) is 1.66. The molecule has 0 aliphatic rings. The Labute approximate surface area is 166 Å². The van der Waals surface area contributed by atoms with Gasteiger partial charge >= 0.3 is 24.3 Å². The van der Waals surface area contributed by atoms with E-state index in [1.165, 1.54) is 6.92 Å². The number of carbonyl (C=O) groups excluding carboxylic acids is 3. The lowest BCUT2D eigenvalue weighted by Crippen LogP contribution is -2.55. The fraction of sp³-hybridized carbons (Fsp3) is 0.786. The first-order valence-corrected chi connectivity index (χ1v) is 7.78. The highest BCUT2D eigenvalue weighted by Crippen LogP contribution is 2.37. The van der Waals surface area contributed by atoms with E-state index in [2.05, 4.69) is 9.47 Å². The van der Waals surface area contributed by atoms with Crippen molar-refractivity contribution < 1.29 is 78.0 Å². The topological polar surface area (TPSA) is 110 Å². The number of ketones is 1. The SMILES string of the molecule is CCOC(=O)C(C(=O)C(F)F)C(F)(F)F.CCOC(=O)C(C(F)(F)F)C(O)(O)C(F)F. The molecule has 0 aromatic heterocycles. The number of ether oxygens (including phenoxy) is 2. The van der Waals surface area contributed by atoms with Crippen molar-refractivity contribution in [2.75, 3.05) is 13.2 Å². The number of carbonyl (C=O) groups is 3. The number of hydrogen-bond acceptors (Lipinski definition) is 7. The molecule has 0 heterocycles. The molecule has 0 amide bonds. The molecule has 0 aromatic carbocycles. The second-order valence-electron chi connectivity index (χ2n) is 5.24. The lowest BCUT2D eigenvalue weighted by Gasteiger charge is -2.29. The lowest BCUT2D eigenvalue weighted by atomic mass is 9.98. The third kappa shape index (κ3) is 9.67. The van der Waals surface area contributed by atoms with Gasteiger partial charge in [0.25, 0.3) is 12.9 Å². The first kappa shape index (κ1) is 31.0. The molecule has 0 saturated heterocycles. The first-order valence-electron chi connectivity index (χ1n) is 7.78. The summed E-state index contributed by atoms with van der Waals surface area (Å²) in [6.45, 7) is 1.40. The van der Waals surface area contributed by atoms with Crippen LogP contribution in [0.1, 0.15) is 13.8 Å². The summed E-state index contributed by atoms with van der Waals surface area (Å²) < 4.78 is 128. The molecule has 7 nitrogen and oxygen atoms in total. The number of aliphatic hydroxyl groups is 2. The van der Waals surface area contributed by atoms with Gasteiger partial charge in [-0.1, -0.05) is 0 Å². The van der Waals surface area contributed by atoms with Crippen molar-refractivity contribution in [2.45, 2.75) is 44.8 Å². The number of alkyl halides is 10. The predicted molar refractivity (Wildman–Crippen MR) is 76.5 cm³/mol. The van der Waals surface area contributed by atoms with E-state index in [-0.39, 0.29) is 0 Å². The first-order chi connectivity index (χ1) is 13.8. The Balaban J connectivity index is 0. The average molecular weight is 486 g/mol. The van der Waals surface area contributed by atoms with E-state index in [4.69, 9.17) is 10.2 Å². The summed E-state index contributed by atoms with van der Waals surface area (Å²) in [5.41, 5.74) is 0. The van der Waals surface area contributed by atoms with Crippen molar-refractivity contribution in [2.24, 2.45) is 11.8 Å². The smallest absolute Gasteiger partial charge is 0.409 e. The molecule has 2 atom stereocenters. The maximum atomic E-state index is 12.2. The zero-order chi connectivity index (χ0) is 25.4. The molecule has 31 heavy (non-hydrogen) atoms. The summed E-state index contributed by atoms with van der Waals surface area (Å²) in [6.07, 6.45) is -18.9. The summed E-state index contributed by atoms with van der Waals surface area (Å²) in [6, 6.07) is 0. The van der Waals surface area contributed by atoms with Crippen molar-refractivity contribution in [1.29, 1.82) is 0 Å². The van der Waals surface area contributed by atoms with Gasteiger partial charge in [-0.2, -0.15) is 26.3 Å². The van der Waals surface area contributed by atoms with E-state index in [0.717, 1.165) is 6.92 Å². The zero-order valence-electron chi connectivity index (χ0n) is 15.4. The van der Waals surface area contributed by atoms with Gasteiger partial charge in [-0.3, -0.25) is 14.4 Å². The maximum Gasteiger partial charge on any atom is 0.409 e. The van der Waals surface area contributed by atoms with Crippen LogP contribution in [0.25, 0.3) is 0 Å². The number of halogens is 10. The fourth-order valence-electron chi connectivity index (χ4n) is 1.66. The van der Waals surface area contributed by atoms with Gasteiger partial charge in [0.2, 0.25) is 23.4 Å². The molecule has 184 valence electrons. The number of hydrogen-bond donors (Lipinski definition) is 2. The number of Topliss-reactive ketones (excluding diaryl/α,β-unsaturated/α-hetero) is 1. The molecule has 0 rings (SSSR count). The van der Waals surface area contributed by atoms with Crippen LogP contribution in [0, 0.1) is 11.8 Å². The van der Waals surface area contributed by atoms with Gasteiger partial charge in [-0.15, -0.1) is 0 Å². The van der Waals surface area contributed by atoms with Gasteiger partial charge in [-0.05, 0) is 13.8 Å². The molecule has 2 N–H and O–H groups in total. The van der Waals surface area contributed by atoms with E-state index in [0.29, 0.717) is 0 Å². The minimum absolute atomic E-state index is 0.429. The summed E-state index contributed by atoms with van der Waals surface area (Å²) in [5.74, 6) is -18.3. The van der Waals surface area contributed by atoms with Crippen LogP contribution in [-0.2, 0) is 23.9 Å². The molecule has 2 unspecified atom stereocenters. The Hall–Kier alpha value is -2.17. The zero-order valence-corrected chi connectivity index (χ0v) is 15.4. The Kier molecular flexibility index (Phi) is 12.0. The van der Waals surface area contributed by atoms with Crippen LogP contribution in [0.15, 0.2) is 0 Å². The van der Waals surface area contributed by atoms with E-state index in [9.17, 15) is 58.3 Å². The van der Waals surface area contributed by atoms with Gasteiger partial charge in [0.05, 0.1) is 13.2 Å². The average Bonchev–Trinajstić information content (AvgIpc) is 2.52. The summed E-state index contributed by atoms with van der Waals surface area (Å²) in [5, 5.41) is 17.1. The molecule has 0 aromatic rings. The van der Waals surface area contributed by atoms with Gasteiger partial charge in [0.1, 0.15) is 0 Å². The van der Waals surface area contributed by atoms with E-state index >= 15 is 0 Å². The molecular weight excluding hydrogens is 470 g/mol. The van der Waals surface area contributed by atoms with Crippen LogP contribution >= 0.6 is 0 Å². The Morgan fingerprint density at radius 2 is 1.16 bits per heavy atom. The molecule has 0 aliphatic heterocycles. The molecular formula is C14H16F10O7. The minimum atomic E-state index is -5.55. The van der Waals surface area contributed by atoms with Crippen LogP contribution in [0.4, 0.5) is 43.9 Å². The summed E-state index contributed by atoms with van der Waals surface area (Å²) in [7, 11) is 0. The molecule has 0 fully saturated rings. The second kappa shape index (κ2) is 12.0. The van der Waals surface area contributed by atoms with Crippen LogP contribution < -0.4 is 0 Å². The van der Waals surface area contributed by atoms with Crippen molar-refractivity contribution >= 4 is 17.7 Å². The summed E-state index contributed by atoms with van der Waals surface area (Å²) >= 11 is 0. The quantitative estimate of drug-likeness (QED) is 0.234. The largest absolute Gasteiger partial charge is 0.465 e. The Morgan fingerprint density at radius 3 is 1.42 bits per heavy atom. The number of esters is 2. The molecule has 0 saturated carbocycles. The van der Waals surface area contributed by atoms with Crippen LogP contribution in [0.2, 0.25) is 0 Å². The highest BCUT2D eigenvalue weighted by molar-refractivity contribution is 6.01.